The normalized spacial score (nSPS) is 40.9. The molecule has 0 spiro atoms. The molecule has 0 N–H and O–H groups in total. The molecule has 2 nitrogen and oxygen atoms in total. The van der Waals surface area contributed by atoms with Crippen LogP contribution in [0.3, 0.4) is 0 Å². The summed E-state index contributed by atoms with van der Waals surface area (Å²) in [6.07, 6.45) is 7.64. The monoisotopic (exact) mass is 232 g/mol. The first-order valence-electron chi connectivity index (χ1n) is 6.87. The zero-order valence-electron chi connectivity index (χ0n) is 11.5. The van der Waals surface area contributed by atoms with Gasteiger partial charge in [0.2, 0.25) is 0 Å². The molecule has 1 aliphatic carbocycles. The molecular formula is C15H24N2. The van der Waals surface area contributed by atoms with E-state index in [0.29, 0.717) is 17.0 Å². The molecule has 2 bridgehead atoms. The zero-order valence-corrected chi connectivity index (χ0v) is 11.5. The third kappa shape index (κ3) is 1.39. The Balaban J connectivity index is 2.06. The highest BCUT2D eigenvalue weighted by Crippen LogP contribution is 2.54. The number of anilines is 1. The van der Waals surface area contributed by atoms with Gasteiger partial charge in [0.1, 0.15) is 5.82 Å². The van der Waals surface area contributed by atoms with E-state index in [1.807, 2.05) is 0 Å². The first-order chi connectivity index (χ1) is 7.96. The summed E-state index contributed by atoms with van der Waals surface area (Å²) in [7, 11) is 2.16. The lowest BCUT2D eigenvalue weighted by atomic mass is 9.59. The maximum absolute atomic E-state index is 2.69. The van der Waals surface area contributed by atoms with E-state index in [0.717, 1.165) is 0 Å². The molecule has 0 aromatic carbocycles. The van der Waals surface area contributed by atoms with Crippen LogP contribution in [0.4, 0.5) is 5.82 Å². The van der Waals surface area contributed by atoms with Gasteiger partial charge in [0.05, 0.1) is 0 Å². The molecule has 1 unspecified atom stereocenters. The Bertz CT molecular complexity index is 424. The minimum atomic E-state index is 0.378. The summed E-state index contributed by atoms with van der Waals surface area (Å²) in [6, 6.07) is 5.09. The number of aryl methyl sites for hydroxylation is 1. The van der Waals surface area contributed by atoms with Gasteiger partial charge in [-0.3, -0.25) is 0 Å². The predicted octanol–water partition coefficient (Wildman–Crippen LogP) is 3.57. The van der Waals surface area contributed by atoms with Crippen LogP contribution in [0, 0.1) is 5.41 Å². The molecule has 1 aromatic rings. The highest BCUT2D eigenvalue weighted by molar-refractivity contribution is 5.48. The van der Waals surface area contributed by atoms with Crippen molar-refractivity contribution in [2.75, 3.05) is 4.90 Å². The molecule has 0 amide bonds. The second kappa shape index (κ2) is 3.30. The van der Waals surface area contributed by atoms with Crippen LogP contribution >= 0.6 is 0 Å². The number of hydrogen-bond donors (Lipinski definition) is 0. The fourth-order valence-corrected chi connectivity index (χ4v) is 3.97. The van der Waals surface area contributed by atoms with E-state index in [-0.39, 0.29) is 0 Å². The van der Waals surface area contributed by atoms with E-state index in [9.17, 15) is 0 Å². The third-order valence-electron chi connectivity index (χ3n) is 5.61. The van der Waals surface area contributed by atoms with Gasteiger partial charge in [0.25, 0.3) is 0 Å². The number of aromatic nitrogens is 1. The molecule has 3 fully saturated rings. The molecule has 1 aromatic heterocycles. The highest BCUT2D eigenvalue weighted by Gasteiger charge is 2.53. The number of nitrogens with zero attached hydrogens (tertiary/aromatic N) is 2. The molecule has 2 saturated heterocycles. The van der Waals surface area contributed by atoms with Crippen molar-refractivity contribution in [3.63, 3.8) is 0 Å². The summed E-state index contributed by atoms with van der Waals surface area (Å²) in [5.41, 5.74) is 0.894. The number of piperidine rings is 2. The van der Waals surface area contributed by atoms with Crippen LogP contribution in [-0.2, 0) is 7.05 Å². The van der Waals surface area contributed by atoms with Gasteiger partial charge in [-0.1, -0.05) is 6.92 Å². The standard InChI is InChI=1S/C15H24N2/c1-12-14(2)7-9-15(3,10-8-14)17(12)13-6-5-11-16(13)4/h5-6,11-12H,7-10H2,1-4H3. The van der Waals surface area contributed by atoms with E-state index in [1.54, 1.807) is 0 Å². The average Bonchev–Trinajstić information content (AvgIpc) is 2.69. The van der Waals surface area contributed by atoms with E-state index >= 15 is 0 Å². The van der Waals surface area contributed by atoms with Crippen LogP contribution in [0.15, 0.2) is 18.3 Å². The minimum Gasteiger partial charge on any atom is -0.349 e. The molecular weight excluding hydrogens is 208 g/mol. The van der Waals surface area contributed by atoms with Gasteiger partial charge in [0.15, 0.2) is 0 Å². The Kier molecular flexibility index (Phi) is 2.17. The summed E-state index contributed by atoms with van der Waals surface area (Å²) in [5, 5.41) is 0. The molecule has 3 aliphatic rings. The Morgan fingerprint density at radius 3 is 2.35 bits per heavy atom. The van der Waals surface area contributed by atoms with Crippen molar-refractivity contribution in [2.24, 2.45) is 12.5 Å². The molecule has 3 heterocycles. The lowest BCUT2D eigenvalue weighted by Gasteiger charge is -2.62. The summed E-state index contributed by atoms with van der Waals surface area (Å²) >= 11 is 0. The fraction of sp³-hybridized carbons (Fsp3) is 0.733. The second-order valence-electron chi connectivity index (χ2n) is 6.67. The van der Waals surface area contributed by atoms with Gasteiger partial charge in [-0.15, -0.1) is 0 Å². The highest BCUT2D eigenvalue weighted by atomic mass is 15.3. The molecule has 1 atom stereocenters. The van der Waals surface area contributed by atoms with Gasteiger partial charge in [0, 0.05) is 24.8 Å². The van der Waals surface area contributed by atoms with E-state index in [1.165, 1.54) is 31.5 Å². The summed E-state index contributed by atoms with van der Waals surface area (Å²) in [4.78, 5) is 2.69. The van der Waals surface area contributed by atoms with Gasteiger partial charge >= 0.3 is 0 Å². The summed E-state index contributed by atoms with van der Waals surface area (Å²) in [6.45, 7) is 7.35. The minimum absolute atomic E-state index is 0.378. The van der Waals surface area contributed by atoms with Gasteiger partial charge < -0.3 is 9.47 Å². The van der Waals surface area contributed by atoms with Crippen molar-refractivity contribution in [1.29, 1.82) is 0 Å². The lowest BCUT2D eigenvalue weighted by Crippen LogP contribution is -2.65. The SMILES string of the molecule is CC1N(c2cccn2C)C2(C)CCC1(C)CC2. The lowest BCUT2D eigenvalue weighted by molar-refractivity contribution is 0.0496. The van der Waals surface area contributed by atoms with Crippen LogP contribution in [0.2, 0.25) is 0 Å². The number of fused-ring (bicyclic) bond motifs is 3. The van der Waals surface area contributed by atoms with E-state index in [2.05, 4.69) is 55.6 Å². The fourth-order valence-electron chi connectivity index (χ4n) is 3.97. The average molecular weight is 232 g/mol. The molecule has 2 aliphatic heterocycles. The van der Waals surface area contributed by atoms with Crippen LogP contribution in [0.5, 0.6) is 0 Å². The van der Waals surface area contributed by atoms with Gasteiger partial charge in [-0.25, -0.2) is 0 Å². The maximum atomic E-state index is 2.69. The molecule has 1 saturated carbocycles. The Morgan fingerprint density at radius 1 is 1.18 bits per heavy atom. The predicted molar refractivity (Wildman–Crippen MR) is 72.3 cm³/mol. The third-order valence-corrected chi connectivity index (χ3v) is 5.61. The maximum Gasteiger partial charge on any atom is 0.108 e. The van der Waals surface area contributed by atoms with Crippen molar-refractivity contribution < 1.29 is 0 Å². The van der Waals surface area contributed by atoms with Crippen molar-refractivity contribution in [1.82, 2.24) is 4.57 Å². The number of rotatable bonds is 1. The summed E-state index contributed by atoms with van der Waals surface area (Å²) in [5.74, 6) is 1.39. The first-order valence-corrected chi connectivity index (χ1v) is 6.87. The Labute approximate surface area is 105 Å². The topological polar surface area (TPSA) is 8.17 Å². The number of hydrogen-bond acceptors (Lipinski definition) is 1. The Hall–Kier alpha value is -0.920. The van der Waals surface area contributed by atoms with E-state index in [4.69, 9.17) is 0 Å². The quantitative estimate of drug-likeness (QED) is 0.718. The van der Waals surface area contributed by atoms with Gasteiger partial charge in [-0.2, -0.15) is 0 Å². The van der Waals surface area contributed by atoms with Crippen LogP contribution in [-0.4, -0.2) is 16.1 Å². The van der Waals surface area contributed by atoms with Crippen LogP contribution < -0.4 is 4.90 Å². The van der Waals surface area contributed by atoms with Crippen molar-refractivity contribution >= 4 is 5.82 Å². The first kappa shape index (κ1) is 11.2. The molecule has 2 heteroatoms. The summed E-state index contributed by atoms with van der Waals surface area (Å²) < 4.78 is 2.27. The van der Waals surface area contributed by atoms with E-state index < -0.39 is 0 Å². The molecule has 17 heavy (non-hydrogen) atoms. The zero-order chi connectivity index (χ0) is 12.3. The van der Waals surface area contributed by atoms with Crippen molar-refractivity contribution in [3.8, 4) is 0 Å². The largest absolute Gasteiger partial charge is 0.349 e. The van der Waals surface area contributed by atoms with Crippen LogP contribution in [0.25, 0.3) is 0 Å². The van der Waals surface area contributed by atoms with Crippen molar-refractivity contribution in [2.45, 2.75) is 58.0 Å². The van der Waals surface area contributed by atoms with Crippen molar-refractivity contribution in [3.05, 3.63) is 18.3 Å². The molecule has 0 radical (unpaired) electrons. The molecule has 4 rings (SSSR count). The van der Waals surface area contributed by atoms with Gasteiger partial charge in [-0.05, 0) is 57.1 Å². The second-order valence-corrected chi connectivity index (χ2v) is 6.67. The molecule has 94 valence electrons. The Morgan fingerprint density at radius 2 is 1.82 bits per heavy atom. The van der Waals surface area contributed by atoms with Crippen LogP contribution in [0.1, 0.15) is 46.5 Å². The smallest absolute Gasteiger partial charge is 0.108 e.